The van der Waals surface area contributed by atoms with Crippen molar-refractivity contribution in [1.82, 2.24) is 4.57 Å². The lowest BCUT2D eigenvalue weighted by Crippen LogP contribution is -2.17. The Balaban J connectivity index is 2.16. The first-order chi connectivity index (χ1) is 10.1. The summed E-state index contributed by atoms with van der Waals surface area (Å²) in [5.74, 6) is 0.880. The second kappa shape index (κ2) is 5.74. The zero-order valence-electron chi connectivity index (χ0n) is 12.4. The largest absolute Gasteiger partial charge is 0.463 e. The highest BCUT2D eigenvalue weighted by atomic mass is 32.1. The maximum Gasteiger partial charge on any atom is 0.190 e. The highest BCUT2D eigenvalue weighted by Crippen LogP contribution is 2.24. The van der Waals surface area contributed by atoms with Gasteiger partial charge in [0.1, 0.15) is 0 Å². The Morgan fingerprint density at radius 1 is 1.19 bits per heavy atom. The molecule has 0 radical (unpaired) electrons. The van der Waals surface area contributed by atoms with Crippen molar-refractivity contribution in [1.29, 1.82) is 0 Å². The zero-order chi connectivity index (χ0) is 14.8. The molecule has 2 heterocycles. The first kappa shape index (κ1) is 13.9. The van der Waals surface area contributed by atoms with E-state index in [1.54, 1.807) is 17.6 Å². The van der Waals surface area contributed by atoms with Crippen molar-refractivity contribution in [2.75, 3.05) is 0 Å². The molecule has 4 heteroatoms. The first-order valence-corrected chi connectivity index (χ1v) is 7.88. The van der Waals surface area contributed by atoms with E-state index < -0.39 is 0 Å². The monoisotopic (exact) mass is 298 g/mol. The molecule has 2 aromatic heterocycles. The average molecular weight is 298 g/mol. The van der Waals surface area contributed by atoms with E-state index in [0.29, 0.717) is 6.04 Å². The summed E-state index contributed by atoms with van der Waals surface area (Å²) in [6, 6.07) is 12.5. The topological polar surface area (TPSA) is 30.4 Å². The lowest BCUT2D eigenvalue weighted by molar-refractivity contribution is 0.548. The van der Waals surface area contributed by atoms with Gasteiger partial charge in [-0.1, -0.05) is 12.1 Å². The molecule has 0 unspecified atom stereocenters. The van der Waals surface area contributed by atoms with Crippen molar-refractivity contribution in [3.05, 3.63) is 58.4 Å². The molecule has 0 amide bonds. The highest BCUT2D eigenvalue weighted by molar-refractivity contribution is 7.07. The standard InChI is InChI=1S/C17H18N2OS/c1-12(2)19-15(16-8-5-9-20-16)11-21-17(19)18-14-7-4-6-13(3)10-14/h4-12H,1-3H3. The number of hydrogen-bond donors (Lipinski definition) is 0. The van der Waals surface area contributed by atoms with Crippen LogP contribution < -0.4 is 4.80 Å². The predicted molar refractivity (Wildman–Crippen MR) is 86.8 cm³/mol. The number of rotatable bonds is 3. The molecular weight excluding hydrogens is 280 g/mol. The molecule has 0 fully saturated rings. The fourth-order valence-electron chi connectivity index (χ4n) is 2.31. The predicted octanol–water partition coefficient (Wildman–Crippen LogP) is 4.93. The van der Waals surface area contributed by atoms with Crippen LogP contribution >= 0.6 is 11.3 Å². The van der Waals surface area contributed by atoms with Crippen molar-refractivity contribution in [2.24, 2.45) is 4.99 Å². The molecule has 0 spiro atoms. The molecule has 3 rings (SSSR count). The Labute approximate surface area is 128 Å². The average Bonchev–Trinajstić information content (AvgIpc) is 3.06. The van der Waals surface area contributed by atoms with E-state index in [2.05, 4.69) is 42.9 Å². The summed E-state index contributed by atoms with van der Waals surface area (Å²) in [7, 11) is 0. The summed E-state index contributed by atoms with van der Waals surface area (Å²) in [5, 5.41) is 2.10. The zero-order valence-corrected chi connectivity index (χ0v) is 13.2. The van der Waals surface area contributed by atoms with Gasteiger partial charge >= 0.3 is 0 Å². The minimum atomic E-state index is 0.319. The Morgan fingerprint density at radius 3 is 2.71 bits per heavy atom. The summed E-state index contributed by atoms with van der Waals surface area (Å²) >= 11 is 1.64. The van der Waals surface area contributed by atoms with Crippen molar-refractivity contribution < 1.29 is 4.42 Å². The lowest BCUT2D eigenvalue weighted by atomic mass is 10.2. The minimum Gasteiger partial charge on any atom is -0.463 e. The van der Waals surface area contributed by atoms with Crippen molar-refractivity contribution >= 4 is 17.0 Å². The van der Waals surface area contributed by atoms with Crippen LogP contribution in [0.1, 0.15) is 25.5 Å². The molecule has 0 atom stereocenters. The second-order valence-corrected chi connectivity index (χ2v) is 6.13. The van der Waals surface area contributed by atoms with Crippen LogP contribution in [0.25, 0.3) is 11.5 Å². The summed E-state index contributed by atoms with van der Waals surface area (Å²) < 4.78 is 7.75. The molecule has 3 nitrogen and oxygen atoms in total. The summed E-state index contributed by atoms with van der Waals surface area (Å²) in [4.78, 5) is 5.78. The van der Waals surface area contributed by atoms with Crippen LogP contribution in [0.4, 0.5) is 5.69 Å². The van der Waals surface area contributed by atoms with Crippen molar-refractivity contribution in [2.45, 2.75) is 26.8 Å². The number of nitrogens with zero attached hydrogens (tertiary/aromatic N) is 2. The van der Waals surface area contributed by atoms with Crippen LogP contribution in [0.2, 0.25) is 0 Å². The third kappa shape index (κ3) is 2.85. The fraction of sp³-hybridized carbons (Fsp3) is 0.235. The molecule has 1 aromatic carbocycles. The van der Waals surface area contributed by atoms with E-state index >= 15 is 0 Å². The van der Waals surface area contributed by atoms with Gasteiger partial charge in [-0.3, -0.25) is 0 Å². The number of aromatic nitrogens is 1. The molecule has 0 bridgehead atoms. The van der Waals surface area contributed by atoms with Crippen LogP contribution in [-0.4, -0.2) is 4.57 Å². The maximum atomic E-state index is 5.54. The molecule has 108 valence electrons. The maximum absolute atomic E-state index is 5.54. The molecule has 0 saturated carbocycles. The second-order valence-electron chi connectivity index (χ2n) is 5.30. The number of thiazole rings is 1. The molecule has 0 aliphatic heterocycles. The highest BCUT2D eigenvalue weighted by Gasteiger charge is 2.12. The molecule has 0 aliphatic carbocycles. The van der Waals surface area contributed by atoms with Gasteiger partial charge in [-0.2, -0.15) is 0 Å². The van der Waals surface area contributed by atoms with Crippen LogP contribution in [-0.2, 0) is 0 Å². The number of hydrogen-bond acceptors (Lipinski definition) is 3. The van der Waals surface area contributed by atoms with Gasteiger partial charge < -0.3 is 8.98 Å². The minimum absolute atomic E-state index is 0.319. The third-order valence-corrected chi connectivity index (χ3v) is 4.10. The summed E-state index contributed by atoms with van der Waals surface area (Å²) in [6.07, 6.45) is 1.70. The summed E-state index contributed by atoms with van der Waals surface area (Å²) in [6.45, 7) is 6.40. The van der Waals surface area contributed by atoms with Crippen LogP contribution in [0, 0.1) is 6.92 Å². The molecular formula is C17H18N2OS. The van der Waals surface area contributed by atoms with Gasteiger partial charge in [0.15, 0.2) is 10.6 Å². The summed E-state index contributed by atoms with van der Waals surface area (Å²) in [5.41, 5.74) is 3.28. The normalized spacial score (nSPS) is 12.3. The van der Waals surface area contributed by atoms with Crippen molar-refractivity contribution in [3.63, 3.8) is 0 Å². The van der Waals surface area contributed by atoms with E-state index in [1.807, 2.05) is 24.3 Å². The number of benzene rings is 1. The van der Waals surface area contributed by atoms with Gasteiger partial charge in [0.25, 0.3) is 0 Å². The van der Waals surface area contributed by atoms with Gasteiger partial charge in [-0.25, -0.2) is 4.99 Å². The SMILES string of the molecule is Cc1cccc(N=c2scc(-c3ccco3)n2C(C)C)c1. The Morgan fingerprint density at radius 2 is 2.05 bits per heavy atom. The number of aryl methyl sites for hydroxylation is 1. The van der Waals surface area contributed by atoms with Crippen LogP contribution in [0.3, 0.4) is 0 Å². The fourth-order valence-corrected chi connectivity index (χ4v) is 3.34. The Hall–Kier alpha value is -2.07. The van der Waals surface area contributed by atoms with Gasteiger partial charge in [0, 0.05) is 11.4 Å². The molecule has 3 aromatic rings. The molecule has 21 heavy (non-hydrogen) atoms. The van der Waals surface area contributed by atoms with Gasteiger partial charge in [0.05, 0.1) is 17.6 Å². The first-order valence-electron chi connectivity index (χ1n) is 7.00. The van der Waals surface area contributed by atoms with Crippen LogP contribution in [0.5, 0.6) is 0 Å². The van der Waals surface area contributed by atoms with E-state index in [-0.39, 0.29) is 0 Å². The Kier molecular flexibility index (Phi) is 3.80. The number of furan rings is 1. The lowest BCUT2D eigenvalue weighted by Gasteiger charge is -2.11. The van der Waals surface area contributed by atoms with Crippen LogP contribution in [0.15, 0.2) is 57.5 Å². The van der Waals surface area contributed by atoms with Crippen molar-refractivity contribution in [3.8, 4) is 11.5 Å². The van der Waals surface area contributed by atoms with E-state index in [4.69, 9.17) is 9.41 Å². The Bertz CT molecular complexity index is 794. The van der Waals surface area contributed by atoms with E-state index in [1.165, 1.54) is 5.56 Å². The van der Waals surface area contributed by atoms with E-state index in [9.17, 15) is 0 Å². The molecule has 0 saturated heterocycles. The van der Waals surface area contributed by atoms with E-state index in [0.717, 1.165) is 21.9 Å². The molecule has 0 aliphatic rings. The quantitative estimate of drug-likeness (QED) is 0.674. The third-order valence-electron chi connectivity index (χ3n) is 3.26. The van der Waals surface area contributed by atoms with Gasteiger partial charge in [-0.05, 0) is 50.6 Å². The molecule has 0 N–H and O–H groups in total. The van der Waals surface area contributed by atoms with Gasteiger partial charge in [-0.15, -0.1) is 11.3 Å². The smallest absolute Gasteiger partial charge is 0.190 e. The van der Waals surface area contributed by atoms with Gasteiger partial charge in [0.2, 0.25) is 0 Å².